The fourth-order valence-electron chi connectivity index (χ4n) is 3.13. The summed E-state index contributed by atoms with van der Waals surface area (Å²) in [4.78, 5) is 20.3. The number of benzene rings is 2. The van der Waals surface area contributed by atoms with E-state index < -0.39 is 22.7 Å². The van der Waals surface area contributed by atoms with Crippen molar-refractivity contribution in [2.45, 2.75) is 6.18 Å². The number of fused-ring (bicyclic) bond motifs is 1. The zero-order valence-electron chi connectivity index (χ0n) is 16.4. The molecule has 166 valence electrons. The van der Waals surface area contributed by atoms with E-state index in [1.165, 1.54) is 20.5 Å². The summed E-state index contributed by atoms with van der Waals surface area (Å²) >= 11 is 6.66. The molecule has 7 nitrogen and oxygen atoms in total. The number of carbonyl (C=O) groups is 1. The van der Waals surface area contributed by atoms with Crippen LogP contribution in [-0.4, -0.2) is 39.8 Å². The second-order valence-electron chi connectivity index (χ2n) is 6.48. The molecule has 4 rings (SSSR count). The molecule has 0 unspecified atom stereocenters. The van der Waals surface area contributed by atoms with Crippen molar-refractivity contribution < 1.29 is 32.5 Å². The summed E-state index contributed by atoms with van der Waals surface area (Å²) in [5.41, 5.74) is 0.248. The predicted octanol–water partition coefficient (Wildman–Crippen LogP) is 5.54. The van der Waals surface area contributed by atoms with Gasteiger partial charge in [0.05, 0.1) is 41.5 Å². The largest absolute Gasteiger partial charge is 0.493 e. The highest BCUT2D eigenvalue weighted by Crippen LogP contribution is 2.39. The number of aromatic nitrogens is 3. The molecule has 0 radical (unpaired) electrons. The first-order valence-electron chi connectivity index (χ1n) is 8.84. The minimum absolute atomic E-state index is 0.00421. The lowest BCUT2D eigenvalue weighted by Gasteiger charge is -2.10. The molecule has 0 saturated carbocycles. The van der Waals surface area contributed by atoms with Crippen molar-refractivity contribution in [2.24, 2.45) is 0 Å². The molecule has 0 bridgehead atoms. The van der Waals surface area contributed by atoms with E-state index in [0.29, 0.717) is 22.5 Å². The predicted molar refractivity (Wildman–Crippen MR) is 112 cm³/mol. The lowest BCUT2D eigenvalue weighted by molar-refractivity contribution is -0.137. The number of hydrogen-bond donors (Lipinski definition) is 1. The second kappa shape index (κ2) is 7.99. The summed E-state index contributed by atoms with van der Waals surface area (Å²) < 4.78 is 51.2. The van der Waals surface area contributed by atoms with E-state index in [4.69, 9.17) is 21.1 Å². The Morgan fingerprint density at radius 1 is 1.16 bits per heavy atom. The summed E-state index contributed by atoms with van der Waals surface area (Å²) in [6.45, 7) is 0. The number of carboxylic acids is 1. The molecule has 0 aliphatic rings. The molecule has 12 heteroatoms. The first-order chi connectivity index (χ1) is 15.1. The fraction of sp³-hybridized carbons (Fsp3) is 0.150. The number of aromatic carboxylic acids is 1. The average molecular weight is 484 g/mol. The van der Waals surface area contributed by atoms with Gasteiger partial charge in [0.25, 0.3) is 0 Å². The van der Waals surface area contributed by atoms with Crippen LogP contribution in [0.5, 0.6) is 11.5 Å². The summed E-state index contributed by atoms with van der Waals surface area (Å²) in [6.07, 6.45) is -3.17. The highest BCUT2D eigenvalue weighted by molar-refractivity contribution is 7.16. The van der Waals surface area contributed by atoms with Crippen molar-refractivity contribution in [2.75, 3.05) is 14.2 Å². The normalized spacial score (nSPS) is 11.7. The number of ether oxygens (including phenoxy) is 2. The Bertz CT molecular complexity index is 1350. The Morgan fingerprint density at radius 2 is 1.84 bits per heavy atom. The van der Waals surface area contributed by atoms with Gasteiger partial charge in [-0.3, -0.25) is 4.57 Å². The van der Waals surface area contributed by atoms with Crippen LogP contribution in [0.4, 0.5) is 13.2 Å². The highest BCUT2D eigenvalue weighted by Gasteiger charge is 2.33. The van der Waals surface area contributed by atoms with Gasteiger partial charge in [0.2, 0.25) is 0 Å². The molecule has 4 aromatic rings. The number of carboxylic acid groups (broad SMARTS) is 1. The number of methoxy groups -OCH3 is 2. The Hall–Kier alpha value is -3.31. The Kier molecular flexibility index (Phi) is 5.47. The van der Waals surface area contributed by atoms with Gasteiger partial charge >= 0.3 is 12.1 Å². The van der Waals surface area contributed by atoms with Gasteiger partial charge in [-0.1, -0.05) is 29.0 Å². The van der Waals surface area contributed by atoms with Crippen LogP contribution in [0.2, 0.25) is 5.02 Å². The molecule has 32 heavy (non-hydrogen) atoms. The van der Waals surface area contributed by atoms with E-state index in [2.05, 4.69) is 9.97 Å². The molecule has 0 amide bonds. The fourth-order valence-corrected chi connectivity index (χ4v) is 4.33. The Labute approximate surface area is 187 Å². The minimum Gasteiger partial charge on any atom is -0.493 e. The van der Waals surface area contributed by atoms with Crippen molar-refractivity contribution in [1.29, 1.82) is 0 Å². The molecule has 1 N–H and O–H groups in total. The van der Waals surface area contributed by atoms with Gasteiger partial charge in [0, 0.05) is 17.7 Å². The number of halogens is 4. The van der Waals surface area contributed by atoms with E-state index in [1.807, 2.05) is 0 Å². The maximum absolute atomic E-state index is 13.0. The highest BCUT2D eigenvalue weighted by atomic mass is 35.5. The zero-order chi connectivity index (χ0) is 23.2. The molecule has 0 atom stereocenters. The second-order valence-corrected chi connectivity index (χ2v) is 7.87. The minimum atomic E-state index is -4.63. The molecule has 2 heterocycles. The van der Waals surface area contributed by atoms with E-state index >= 15 is 0 Å². The zero-order valence-corrected chi connectivity index (χ0v) is 18.0. The number of nitrogens with zero attached hydrogens (tertiary/aromatic N) is 3. The number of imidazole rings is 1. The number of alkyl halides is 3. The van der Waals surface area contributed by atoms with E-state index in [1.54, 1.807) is 16.7 Å². The van der Waals surface area contributed by atoms with Crippen molar-refractivity contribution in [3.05, 3.63) is 52.1 Å². The lowest BCUT2D eigenvalue weighted by atomic mass is 10.1. The van der Waals surface area contributed by atoms with Crippen molar-refractivity contribution in [3.8, 4) is 27.9 Å². The van der Waals surface area contributed by atoms with Crippen LogP contribution in [0, 0.1) is 0 Å². The lowest BCUT2D eigenvalue weighted by Crippen LogP contribution is -2.06. The topological polar surface area (TPSA) is 86.5 Å². The number of rotatable bonds is 5. The van der Waals surface area contributed by atoms with Crippen molar-refractivity contribution >= 4 is 39.9 Å². The SMILES string of the molecule is COc1cc2ncn(-c3nc(-c4ccc(C(F)(F)F)c(Cl)c4)c(C(=O)O)s3)c2cc1OC. The summed E-state index contributed by atoms with van der Waals surface area (Å²) in [7, 11) is 2.96. The van der Waals surface area contributed by atoms with Crippen LogP contribution < -0.4 is 9.47 Å². The van der Waals surface area contributed by atoms with Gasteiger partial charge < -0.3 is 14.6 Å². The van der Waals surface area contributed by atoms with Crippen LogP contribution in [0.25, 0.3) is 27.4 Å². The van der Waals surface area contributed by atoms with Crippen LogP contribution in [0.1, 0.15) is 15.2 Å². The molecule has 0 fully saturated rings. The molecule has 2 aromatic heterocycles. The third-order valence-electron chi connectivity index (χ3n) is 4.62. The van der Waals surface area contributed by atoms with Gasteiger partial charge in [0.15, 0.2) is 16.6 Å². The monoisotopic (exact) mass is 483 g/mol. The van der Waals surface area contributed by atoms with Gasteiger partial charge in [-0.05, 0) is 12.1 Å². The molecule has 0 spiro atoms. The Morgan fingerprint density at radius 3 is 2.44 bits per heavy atom. The smallest absolute Gasteiger partial charge is 0.417 e. The van der Waals surface area contributed by atoms with Gasteiger partial charge in [0.1, 0.15) is 11.2 Å². The van der Waals surface area contributed by atoms with E-state index in [9.17, 15) is 23.1 Å². The van der Waals surface area contributed by atoms with Crippen LogP contribution in [-0.2, 0) is 6.18 Å². The number of hydrogen-bond acceptors (Lipinski definition) is 6. The van der Waals surface area contributed by atoms with Crippen molar-refractivity contribution in [1.82, 2.24) is 14.5 Å². The van der Waals surface area contributed by atoms with Crippen LogP contribution in [0.15, 0.2) is 36.7 Å². The molecular formula is C20H13ClF3N3O4S. The third kappa shape index (κ3) is 3.73. The van der Waals surface area contributed by atoms with Crippen molar-refractivity contribution in [3.63, 3.8) is 0 Å². The van der Waals surface area contributed by atoms with E-state index in [-0.39, 0.29) is 21.3 Å². The summed E-state index contributed by atoms with van der Waals surface area (Å²) in [6, 6.07) is 6.31. The van der Waals surface area contributed by atoms with E-state index in [0.717, 1.165) is 29.5 Å². The van der Waals surface area contributed by atoms with Crippen LogP contribution >= 0.6 is 22.9 Å². The Balaban J connectivity index is 1.87. The standard InChI is InChI=1S/C20H13ClF3N3O4S/c1-30-14-6-12-13(7-15(14)31-2)27(8-25-12)19-26-16(17(32-19)18(28)29)9-3-4-10(11(21)5-9)20(22,23)24/h3-8H,1-2H3,(H,28,29). The number of thiazole rings is 1. The molecule has 0 saturated heterocycles. The first-order valence-corrected chi connectivity index (χ1v) is 10.0. The summed E-state index contributed by atoms with van der Waals surface area (Å²) in [5, 5.41) is 9.35. The molecule has 2 aromatic carbocycles. The van der Waals surface area contributed by atoms with Gasteiger partial charge in [-0.2, -0.15) is 13.2 Å². The maximum Gasteiger partial charge on any atom is 0.417 e. The average Bonchev–Trinajstić information content (AvgIpc) is 3.35. The molecular weight excluding hydrogens is 471 g/mol. The third-order valence-corrected chi connectivity index (χ3v) is 5.97. The van der Waals surface area contributed by atoms with Gasteiger partial charge in [-0.15, -0.1) is 0 Å². The molecule has 0 aliphatic carbocycles. The maximum atomic E-state index is 13.0. The van der Waals surface area contributed by atoms with Crippen LogP contribution in [0.3, 0.4) is 0 Å². The molecule has 0 aliphatic heterocycles. The first kappa shape index (κ1) is 21.9. The van der Waals surface area contributed by atoms with Gasteiger partial charge in [-0.25, -0.2) is 14.8 Å². The quantitative estimate of drug-likeness (QED) is 0.401. The summed E-state index contributed by atoms with van der Waals surface area (Å²) in [5.74, 6) is -0.370.